The van der Waals surface area contributed by atoms with E-state index >= 15 is 0 Å². The van der Waals surface area contributed by atoms with Gasteiger partial charge in [0.15, 0.2) is 0 Å². The van der Waals surface area contributed by atoms with Gasteiger partial charge in [-0.1, -0.05) is 11.6 Å². The van der Waals surface area contributed by atoms with Crippen LogP contribution in [0, 0.1) is 6.92 Å². The zero-order valence-electron chi connectivity index (χ0n) is 11.4. The molecule has 0 aliphatic carbocycles. The van der Waals surface area contributed by atoms with Crippen molar-refractivity contribution in [1.82, 2.24) is 9.88 Å². The molecule has 0 amide bonds. The predicted molar refractivity (Wildman–Crippen MR) is 77.3 cm³/mol. The van der Waals surface area contributed by atoms with E-state index in [9.17, 15) is 0 Å². The highest BCUT2D eigenvalue weighted by Gasteiger charge is 2.20. The van der Waals surface area contributed by atoms with Crippen LogP contribution in [-0.2, 0) is 0 Å². The van der Waals surface area contributed by atoms with Gasteiger partial charge in [-0.15, -0.1) is 0 Å². The number of aromatic nitrogens is 1. The van der Waals surface area contributed by atoms with E-state index in [2.05, 4.69) is 29.0 Å². The summed E-state index contributed by atoms with van der Waals surface area (Å²) in [7, 11) is 0. The first kappa shape index (κ1) is 13.6. The van der Waals surface area contributed by atoms with E-state index in [0.717, 1.165) is 11.4 Å². The van der Waals surface area contributed by atoms with Crippen molar-refractivity contribution in [2.45, 2.75) is 45.7 Å². The summed E-state index contributed by atoms with van der Waals surface area (Å²) >= 11 is 5.87. The Labute approximate surface area is 115 Å². The third-order valence-electron chi connectivity index (χ3n) is 3.67. The van der Waals surface area contributed by atoms with E-state index in [4.69, 9.17) is 11.6 Å². The van der Waals surface area contributed by atoms with Crippen molar-refractivity contribution >= 4 is 17.3 Å². The highest BCUT2D eigenvalue weighted by molar-refractivity contribution is 6.29. The van der Waals surface area contributed by atoms with Crippen LogP contribution in [0.3, 0.4) is 0 Å². The SMILES string of the molecule is Cc1nc(Cl)ccc1NC1CCN(C(C)C)CC1. The van der Waals surface area contributed by atoms with Crippen molar-refractivity contribution in [3.8, 4) is 0 Å². The average molecular weight is 268 g/mol. The predicted octanol–water partition coefficient (Wildman–Crippen LogP) is 3.33. The largest absolute Gasteiger partial charge is 0.381 e. The first-order valence-corrected chi connectivity index (χ1v) is 7.08. The third-order valence-corrected chi connectivity index (χ3v) is 3.88. The molecule has 1 aliphatic rings. The van der Waals surface area contributed by atoms with E-state index < -0.39 is 0 Å². The van der Waals surface area contributed by atoms with E-state index in [1.165, 1.54) is 25.9 Å². The van der Waals surface area contributed by atoms with Crippen LogP contribution in [0.5, 0.6) is 0 Å². The smallest absolute Gasteiger partial charge is 0.129 e. The van der Waals surface area contributed by atoms with Gasteiger partial charge in [-0.3, -0.25) is 0 Å². The van der Waals surface area contributed by atoms with Crippen LogP contribution in [0.15, 0.2) is 12.1 Å². The number of halogens is 1. The molecule has 1 aliphatic heterocycles. The van der Waals surface area contributed by atoms with Crippen LogP contribution < -0.4 is 5.32 Å². The van der Waals surface area contributed by atoms with E-state index in [0.29, 0.717) is 17.2 Å². The maximum Gasteiger partial charge on any atom is 0.129 e. The second-order valence-electron chi connectivity index (χ2n) is 5.32. The molecule has 1 fully saturated rings. The van der Waals surface area contributed by atoms with Gasteiger partial charge in [0.05, 0.1) is 11.4 Å². The highest BCUT2D eigenvalue weighted by atomic mass is 35.5. The number of aryl methyl sites for hydroxylation is 1. The van der Waals surface area contributed by atoms with E-state index in [1.807, 2.05) is 19.1 Å². The topological polar surface area (TPSA) is 28.2 Å². The number of rotatable bonds is 3. The molecule has 1 saturated heterocycles. The van der Waals surface area contributed by atoms with Crippen LogP contribution in [0.25, 0.3) is 0 Å². The number of nitrogens with one attached hydrogen (secondary N) is 1. The molecule has 0 bridgehead atoms. The molecule has 1 N–H and O–H groups in total. The second-order valence-corrected chi connectivity index (χ2v) is 5.70. The van der Waals surface area contributed by atoms with Crippen molar-refractivity contribution in [1.29, 1.82) is 0 Å². The van der Waals surface area contributed by atoms with Crippen LogP contribution in [-0.4, -0.2) is 35.1 Å². The van der Waals surface area contributed by atoms with Crippen LogP contribution >= 0.6 is 11.6 Å². The molecule has 0 atom stereocenters. The van der Waals surface area contributed by atoms with Crippen molar-refractivity contribution in [2.75, 3.05) is 18.4 Å². The fourth-order valence-corrected chi connectivity index (χ4v) is 2.65. The van der Waals surface area contributed by atoms with Gasteiger partial charge in [-0.05, 0) is 45.7 Å². The standard InChI is InChI=1S/C14H22ClN3/c1-10(2)18-8-6-12(7-9-18)17-13-4-5-14(15)16-11(13)3/h4-5,10,12,17H,6-9H2,1-3H3. The fraction of sp³-hybridized carbons (Fsp3) is 0.643. The molecule has 2 rings (SSSR count). The number of likely N-dealkylation sites (tertiary alicyclic amines) is 1. The van der Waals surface area contributed by atoms with E-state index in [1.54, 1.807) is 0 Å². The molecule has 0 saturated carbocycles. The highest BCUT2D eigenvalue weighted by Crippen LogP contribution is 2.21. The normalized spacial score (nSPS) is 18.3. The average Bonchev–Trinajstić information content (AvgIpc) is 2.33. The van der Waals surface area contributed by atoms with Gasteiger partial charge < -0.3 is 10.2 Å². The zero-order chi connectivity index (χ0) is 13.1. The van der Waals surface area contributed by atoms with Gasteiger partial charge in [-0.25, -0.2) is 4.98 Å². The molecule has 1 aromatic heterocycles. The Bertz CT molecular complexity index is 398. The van der Waals surface area contributed by atoms with Crippen molar-refractivity contribution < 1.29 is 0 Å². The van der Waals surface area contributed by atoms with Crippen LogP contribution in [0.1, 0.15) is 32.4 Å². The monoisotopic (exact) mass is 267 g/mol. The van der Waals surface area contributed by atoms with Crippen molar-refractivity contribution in [2.24, 2.45) is 0 Å². The maximum absolute atomic E-state index is 5.87. The molecular weight excluding hydrogens is 246 g/mol. The summed E-state index contributed by atoms with van der Waals surface area (Å²) in [4.78, 5) is 6.81. The number of pyridine rings is 1. The Balaban J connectivity index is 1.91. The van der Waals surface area contributed by atoms with Gasteiger partial charge >= 0.3 is 0 Å². The van der Waals surface area contributed by atoms with Gasteiger partial charge in [0.25, 0.3) is 0 Å². The molecule has 100 valence electrons. The molecule has 1 aromatic rings. The third kappa shape index (κ3) is 3.36. The lowest BCUT2D eigenvalue weighted by Gasteiger charge is -2.35. The second kappa shape index (κ2) is 5.89. The first-order valence-electron chi connectivity index (χ1n) is 6.70. The maximum atomic E-state index is 5.87. The Kier molecular flexibility index (Phi) is 4.46. The zero-order valence-corrected chi connectivity index (χ0v) is 12.2. The lowest BCUT2D eigenvalue weighted by Crippen LogP contribution is -2.42. The summed E-state index contributed by atoms with van der Waals surface area (Å²) in [6.07, 6.45) is 2.39. The molecule has 0 aromatic carbocycles. The van der Waals surface area contributed by atoms with Gasteiger partial charge in [-0.2, -0.15) is 0 Å². The summed E-state index contributed by atoms with van der Waals surface area (Å²) < 4.78 is 0. The Morgan fingerprint density at radius 2 is 2.00 bits per heavy atom. The van der Waals surface area contributed by atoms with Crippen molar-refractivity contribution in [3.63, 3.8) is 0 Å². The molecule has 2 heterocycles. The first-order chi connectivity index (χ1) is 8.56. The lowest BCUT2D eigenvalue weighted by molar-refractivity contribution is 0.177. The Hall–Kier alpha value is -0.800. The summed E-state index contributed by atoms with van der Waals surface area (Å²) in [5.74, 6) is 0. The number of hydrogen-bond acceptors (Lipinski definition) is 3. The lowest BCUT2D eigenvalue weighted by atomic mass is 10.0. The quantitative estimate of drug-likeness (QED) is 0.852. The minimum Gasteiger partial charge on any atom is -0.381 e. The minimum atomic E-state index is 0.557. The van der Waals surface area contributed by atoms with Crippen LogP contribution in [0.4, 0.5) is 5.69 Å². The van der Waals surface area contributed by atoms with Gasteiger partial charge in [0, 0.05) is 25.2 Å². The minimum absolute atomic E-state index is 0.557. The van der Waals surface area contributed by atoms with Gasteiger partial charge in [0.1, 0.15) is 5.15 Å². The Morgan fingerprint density at radius 1 is 1.33 bits per heavy atom. The number of hydrogen-bond donors (Lipinski definition) is 1. The van der Waals surface area contributed by atoms with Gasteiger partial charge in [0.2, 0.25) is 0 Å². The molecule has 0 radical (unpaired) electrons. The van der Waals surface area contributed by atoms with Crippen LogP contribution in [0.2, 0.25) is 5.15 Å². The van der Waals surface area contributed by atoms with E-state index in [-0.39, 0.29) is 0 Å². The number of nitrogens with zero attached hydrogens (tertiary/aromatic N) is 2. The summed E-state index contributed by atoms with van der Waals surface area (Å²) in [5, 5.41) is 4.15. The summed E-state index contributed by atoms with van der Waals surface area (Å²) in [6, 6.07) is 5.09. The number of piperidine rings is 1. The van der Waals surface area contributed by atoms with Crippen molar-refractivity contribution in [3.05, 3.63) is 23.0 Å². The molecule has 0 spiro atoms. The molecule has 18 heavy (non-hydrogen) atoms. The molecular formula is C14H22ClN3. The summed E-state index contributed by atoms with van der Waals surface area (Å²) in [5.41, 5.74) is 2.09. The molecule has 0 unspecified atom stereocenters. The molecule has 3 nitrogen and oxygen atoms in total. The fourth-order valence-electron chi connectivity index (χ4n) is 2.46. The summed E-state index contributed by atoms with van der Waals surface area (Å²) in [6.45, 7) is 8.88. The Morgan fingerprint density at radius 3 is 2.56 bits per heavy atom. The molecule has 4 heteroatoms. The number of anilines is 1.